The van der Waals surface area contributed by atoms with E-state index in [1.54, 1.807) is 4.90 Å². The van der Waals surface area contributed by atoms with Crippen LogP contribution in [0.15, 0.2) is 18.2 Å². The number of aryl methyl sites for hydroxylation is 2. The Morgan fingerprint density at radius 2 is 1.61 bits per heavy atom. The topological polar surface area (TPSA) is 23.6 Å². The minimum atomic E-state index is 0.125. The van der Waals surface area contributed by atoms with Gasteiger partial charge in [0.15, 0.2) is 0 Å². The smallest absolute Gasteiger partial charge is 0.324 e. The Kier molecular flexibility index (Phi) is 3.90. The van der Waals surface area contributed by atoms with Crippen LogP contribution in [0.2, 0.25) is 0 Å². The number of piperidine rings is 1. The first kappa shape index (κ1) is 12.9. The van der Waals surface area contributed by atoms with Crippen LogP contribution in [0, 0.1) is 13.8 Å². The fourth-order valence-electron chi connectivity index (χ4n) is 2.55. The minimum Gasteiger partial charge on any atom is -0.324 e. The van der Waals surface area contributed by atoms with Crippen molar-refractivity contribution in [1.29, 1.82) is 0 Å². The number of hydrogen-bond acceptors (Lipinski definition) is 1. The van der Waals surface area contributed by atoms with Gasteiger partial charge in [-0.15, -0.1) is 0 Å². The molecule has 3 nitrogen and oxygen atoms in total. The predicted molar refractivity (Wildman–Crippen MR) is 75.1 cm³/mol. The summed E-state index contributed by atoms with van der Waals surface area (Å²) in [5.74, 6) is 0. The van der Waals surface area contributed by atoms with Crippen LogP contribution >= 0.6 is 0 Å². The van der Waals surface area contributed by atoms with Crippen molar-refractivity contribution in [1.82, 2.24) is 4.90 Å². The van der Waals surface area contributed by atoms with E-state index in [-0.39, 0.29) is 6.03 Å². The van der Waals surface area contributed by atoms with Crippen LogP contribution < -0.4 is 4.90 Å². The zero-order valence-corrected chi connectivity index (χ0v) is 11.6. The molecule has 2 amide bonds. The second-order valence-electron chi connectivity index (χ2n) is 5.24. The summed E-state index contributed by atoms with van der Waals surface area (Å²) >= 11 is 0. The van der Waals surface area contributed by atoms with Crippen molar-refractivity contribution in [2.24, 2.45) is 0 Å². The number of benzene rings is 1. The molecule has 0 aromatic heterocycles. The van der Waals surface area contributed by atoms with Gasteiger partial charge in [-0.3, -0.25) is 4.90 Å². The molecule has 2 rings (SSSR count). The van der Waals surface area contributed by atoms with Crippen LogP contribution in [0.5, 0.6) is 0 Å². The maximum absolute atomic E-state index is 12.4. The van der Waals surface area contributed by atoms with Crippen molar-refractivity contribution >= 4 is 11.7 Å². The molecule has 1 aromatic carbocycles. The molecule has 1 fully saturated rings. The monoisotopic (exact) mass is 246 g/mol. The van der Waals surface area contributed by atoms with Crippen molar-refractivity contribution in [2.75, 3.05) is 25.0 Å². The van der Waals surface area contributed by atoms with Gasteiger partial charge in [0, 0.05) is 25.8 Å². The third-order valence-electron chi connectivity index (χ3n) is 3.51. The summed E-state index contributed by atoms with van der Waals surface area (Å²) in [6.45, 7) is 5.92. The van der Waals surface area contributed by atoms with E-state index in [4.69, 9.17) is 0 Å². The molecule has 0 aliphatic carbocycles. The maximum Gasteiger partial charge on any atom is 0.324 e. The Bertz CT molecular complexity index is 416. The van der Waals surface area contributed by atoms with Crippen LogP contribution in [-0.4, -0.2) is 31.1 Å². The van der Waals surface area contributed by atoms with Gasteiger partial charge in [0.05, 0.1) is 0 Å². The molecule has 0 atom stereocenters. The van der Waals surface area contributed by atoms with Gasteiger partial charge in [0.1, 0.15) is 0 Å². The van der Waals surface area contributed by atoms with Crippen molar-refractivity contribution in [2.45, 2.75) is 33.1 Å². The number of nitrogens with zero attached hydrogens (tertiary/aromatic N) is 2. The summed E-state index contributed by atoms with van der Waals surface area (Å²) in [6, 6.07) is 6.38. The summed E-state index contributed by atoms with van der Waals surface area (Å²) in [7, 11) is 1.87. The van der Waals surface area contributed by atoms with Crippen LogP contribution in [0.3, 0.4) is 0 Å². The van der Waals surface area contributed by atoms with E-state index in [1.165, 1.54) is 17.5 Å². The van der Waals surface area contributed by atoms with Crippen molar-refractivity contribution in [3.63, 3.8) is 0 Å². The molecule has 0 radical (unpaired) electrons. The molecule has 0 saturated carbocycles. The highest BCUT2D eigenvalue weighted by molar-refractivity contribution is 5.91. The van der Waals surface area contributed by atoms with Gasteiger partial charge < -0.3 is 4.90 Å². The number of urea groups is 1. The number of anilines is 1. The SMILES string of the molecule is Cc1cc(C)cc(N(C)C(=O)N2CCCCC2)c1. The Morgan fingerprint density at radius 3 is 2.17 bits per heavy atom. The van der Waals surface area contributed by atoms with E-state index in [2.05, 4.69) is 32.0 Å². The molecule has 3 heteroatoms. The zero-order valence-electron chi connectivity index (χ0n) is 11.6. The second kappa shape index (κ2) is 5.42. The predicted octanol–water partition coefficient (Wildman–Crippen LogP) is 3.35. The maximum atomic E-state index is 12.4. The van der Waals surface area contributed by atoms with Crippen LogP contribution in [-0.2, 0) is 0 Å². The number of amides is 2. The fraction of sp³-hybridized carbons (Fsp3) is 0.533. The minimum absolute atomic E-state index is 0.125. The Morgan fingerprint density at radius 1 is 1.06 bits per heavy atom. The van der Waals surface area contributed by atoms with Gasteiger partial charge in [-0.25, -0.2) is 4.79 Å². The average Bonchev–Trinajstić information content (AvgIpc) is 2.37. The standard InChI is InChI=1S/C15H22N2O/c1-12-9-13(2)11-14(10-12)16(3)15(18)17-7-5-4-6-8-17/h9-11H,4-8H2,1-3H3. The van der Waals surface area contributed by atoms with E-state index in [1.807, 2.05) is 11.9 Å². The average molecular weight is 246 g/mol. The first-order valence-corrected chi connectivity index (χ1v) is 6.69. The highest BCUT2D eigenvalue weighted by Gasteiger charge is 2.21. The second-order valence-corrected chi connectivity index (χ2v) is 5.24. The summed E-state index contributed by atoms with van der Waals surface area (Å²) in [6.07, 6.45) is 3.51. The Hall–Kier alpha value is -1.51. The molecule has 0 spiro atoms. The zero-order chi connectivity index (χ0) is 13.1. The van der Waals surface area contributed by atoms with E-state index >= 15 is 0 Å². The lowest BCUT2D eigenvalue weighted by Crippen LogP contribution is -2.43. The Balaban J connectivity index is 2.14. The van der Waals surface area contributed by atoms with Crippen LogP contribution in [0.1, 0.15) is 30.4 Å². The molecular weight excluding hydrogens is 224 g/mol. The summed E-state index contributed by atoms with van der Waals surface area (Å²) < 4.78 is 0. The molecule has 1 saturated heterocycles. The summed E-state index contributed by atoms with van der Waals surface area (Å²) in [5.41, 5.74) is 3.38. The van der Waals surface area contributed by atoms with Gasteiger partial charge in [-0.1, -0.05) is 6.07 Å². The molecule has 0 bridgehead atoms. The highest BCUT2D eigenvalue weighted by atomic mass is 16.2. The van der Waals surface area contributed by atoms with Gasteiger partial charge in [-0.05, 0) is 56.4 Å². The quantitative estimate of drug-likeness (QED) is 0.745. The molecule has 18 heavy (non-hydrogen) atoms. The van der Waals surface area contributed by atoms with Crippen LogP contribution in [0.4, 0.5) is 10.5 Å². The number of likely N-dealkylation sites (tertiary alicyclic amines) is 1. The van der Waals surface area contributed by atoms with E-state index < -0.39 is 0 Å². The molecule has 1 aliphatic rings. The number of carbonyl (C=O) groups is 1. The van der Waals surface area contributed by atoms with Gasteiger partial charge in [0.2, 0.25) is 0 Å². The van der Waals surface area contributed by atoms with Gasteiger partial charge in [0.25, 0.3) is 0 Å². The first-order valence-electron chi connectivity index (χ1n) is 6.69. The first-order chi connectivity index (χ1) is 8.58. The largest absolute Gasteiger partial charge is 0.324 e. The summed E-state index contributed by atoms with van der Waals surface area (Å²) in [5, 5.41) is 0. The third kappa shape index (κ3) is 2.84. The molecule has 1 aliphatic heterocycles. The van der Waals surface area contributed by atoms with E-state index in [0.29, 0.717) is 0 Å². The van der Waals surface area contributed by atoms with Crippen LogP contribution in [0.25, 0.3) is 0 Å². The lowest BCUT2D eigenvalue weighted by molar-refractivity contribution is 0.194. The normalized spacial score (nSPS) is 15.6. The van der Waals surface area contributed by atoms with Crippen molar-refractivity contribution in [3.8, 4) is 0 Å². The highest BCUT2D eigenvalue weighted by Crippen LogP contribution is 2.20. The number of rotatable bonds is 1. The van der Waals surface area contributed by atoms with Gasteiger partial charge in [-0.2, -0.15) is 0 Å². The third-order valence-corrected chi connectivity index (χ3v) is 3.51. The van der Waals surface area contributed by atoms with E-state index in [0.717, 1.165) is 31.6 Å². The molecule has 0 N–H and O–H groups in total. The lowest BCUT2D eigenvalue weighted by Gasteiger charge is -2.31. The molecule has 0 unspecified atom stereocenters. The number of hydrogen-bond donors (Lipinski definition) is 0. The summed E-state index contributed by atoms with van der Waals surface area (Å²) in [4.78, 5) is 16.1. The van der Waals surface area contributed by atoms with Gasteiger partial charge >= 0.3 is 6.03 Å². The van der Waals surface area contributed by atoms with Crippen molar-refractivity contribution in [3.05, 3.63) is 29.3 Å². The molecule has 1 aromatic rings. The molecular formula is C15H22N2O. The fourth-order valence-corrected chi connectivity index (χ4v) is 2.55. The number of carbonyl (C=O) groups excluding carboxylic acids is 1. The molecule has 1 heterocycles. The van der Waals surface area contributed by atoms with Crippen molar-refractivity contribution < 1.29 is 4.79 Å². The van der Waals surface area contributed by atoms with E-state index in [9.17, 15) is 4.79 Å². The Labute approximate surface area is 109 Å². The lowest BCUT2D eigenvalue weighted by atomic mass is 10.1. The molecule has 98 valence electrons.